The van der Waals surface area contributed by atoms with Crippen molar-refractivity contribution < 1.29 is 9.84 Å². The van der Waals surface area contributed by atoms with E-state index in [0.29, 0.717) is 18.0 Å². The third-order valence-electron chi connectivity index (χ3n) is 2.40. The van der Waals surface area contributed by atoms with E-state index in [-0.39, 0.29) is 6.10 Å². The van der Waals surface area contributed by atoms with E-state index in [4.69, 9.17) is 10.5 Å². The number of hydrogen-bond acceptors (Lipinski definition) is 4. The van der Waals surface area contributed by atoms with Crippen molar-refractivity contribution in [2.45, 2.75) is 25.9 Å². The fourth-order valence-electron chi connectivity index (χ4n) is 1.49. The summed E-state index contributed by atoms with van der Waals surface area (Å²) in [5.74, 6) is 0.648. The standard InChI is InChI=1S/C12H20N2O2/c1-3-4-10(15)8-14-9-5-6-11(13)12(7-9)16-2/h5-7,10,14-15H,3-4,8,13H2,1-2H3. The molecule has 0 aliphatic heterocycles. The highest BCUT2D eigenvalue weighted by molar-refractivity contribution is 5.61. The van der Waals surface area contributed by atoms with Gasteiger partial charge in [-0.25, -0.2) is 0 Å². The second-order valence-corrected chi connectivity index (χ2v) is 3.78. The van der Waals surface area contributed by atoms with E-state index in [0.717, 1.165) is 18.5 Å². The van der Waals surface area contributed by atoms with Gasteiger partial charge in [0, 0.05) is 18.3 Å². The highest BCUT2D eigenvalue weighted by Gasteiger charge is 2.04. The number of rotatable bonds is 6. The van der Waals surface area contributed by atoms with E-state index >= 15 is 0 Å². The summed E-state index contributed by atoms with van der Waals surface area (Å²) >= 11 is 0. The molecule has 90 valence electrons. The number of ether oxygens (including phenoxy) is 1. The first-order chi connectivity index (χ1) is 7.67. The highest BCUT2D eigenvalue weighted by Crippen LogP contribution is 2.24. The van der Waals surface area contributed by atoms with Crippen LogP contribution >= 0.6 is 0 Å². The predicted molar refractivity (Wildman–Crippen MR) is 66.8 cm³/mol. The van der Waals surface area contributed by atoms with Crippen LogP contribution in [0.1, 0.15) is 19.8 Å². The Morgan fingerprint density at radius 1 is 1.50 bits per heavy atom. The van der Waals surface area contributed by atoms with Gasteiger partial charge in [0.1, 0.15) is 5.75 Å². The van der Waals surface area contributed by atoms with Crippen molar-refractivity contribution in [2.75, 3.05) is 24.7 Å². The Morgan fingerprint density at radius 3 is 2.88 bits per heavy atom. The maximum absolute atomic E-state index is 9.57. The number of aliphatic hydroxyl groups excluding tert-OH is 1. The van der Waals surface area contributed by atoms with Crippen LogP contribution in [0, 0.1) is 0 Å². The number of nitrogen functional groups attached to an aromatic ring is 1. The summed E-state index contributed by atoms with van der Waals surface area (Å²) in [7, 11) is 1.58. The van der Waals surface area contributed by atoms with Gasteiger partial charge in [-0.1, -0.05) is 13.3 Å². The second-order valence-electron chi connectivity index (χ2n) is 3.78. The number of hydrogen-bond donors (Lipinski definition) is 3. The van der Waals surface area contributed by atoms with Gasteiger partial charge in [-0.3, -0.25) is 0 Å². The van der Waals surface area contributed by atoms with Crippen LogP contribution in [0.15, 0.2) is 18.2 Å². The molecule has 1 atom stereocenters. The number of methoxy groups -OCH3 is 1. The van der Waals surface area contributed by atoms with Crippen LogP contribution in [0.4, 0.5) is 11.4 Å². The monoisotopic (exact) mass is 224 g/mol. The Labute approximate surface area is 96.4 Å². The zero-order valence-corrected chi connectivity index (χ0v) is 9.86. The SMILES string of the molecule is CCCC(O)CNc1ccc(N)c(OC)c1. The van der Waals surface area contributed by atoms with Crippen molar-refractivity contribution in [2.24, 2.45) is 0 Å². The van der Waals surface area contributed by atoms with Gasteiger partial charge >= 0.3 is 0 Å². The summed E-state index contributed by atoms with van der Waals surface area (Å²) < 4.78 is 5.11. The van der Waals surface area contributed by atoms with Gasteiger partial charge in [0.25, 0.3) is 0 Å². The van der Waals surface area contributed by atoms with Gasteiger partial charge in [-0.15, -0.1) is 0 Å². The summed E-state index contributed by atoms with van der Waals surface area (Å²) in [4.78, 5) is 0. The van der Waals surface area contributed by atoms with Crippen LogP contribution < -0.4 is 15.8 Å². The maximum Gasteiger partial charge on any atom is 0.143 e. The number of anilines is 2. The summed E-state index contributed by atoms with van der Waals surface area (Å²) in [5, 5.41) is 12.7. The quantitative estimate of drug-likeness (QED) is 0.645. The molecule has 4 N–H and O–H groups in total. The molecule has 0 heterocycles. The number of benzene rings is 1. The molecule has 0 amide bonds. The molecule has 1 unspecified atom stereocenters. The Morgan fingerprint density at radius 2 is 2.25 bits per heavy atom. The van der Waals surface area contributed by atoms with E-state index in [1.54, 1.807) is 13.2 Å². The molecule has 4 nitrogen and oxygen atoms in total. The molecule has 0 radical (unpaired) electrons. The molecule has 0 bridgehead atoms. The third kappa shape index (κ3) is 3.62. The zero-order valence-electron chi connectivity index (χ0n) is 9.86. The molecule has 4 heteroatoms. The van der Waals surface area contributed by atoms with Crippen molar-refractivity contribution in [3.63, 3.8) is 0 Å². The average Bonchev–Trinajstić information content (AvgIpc) is 2.28. The minimum Gasteiger partial charge on any atom is -0.495 e. The first kappa shape index (κ1) is 12.6. The number of nitrogens with one attached hydrogen (secondary N) is 1. The van der Waals surface area contributed by atoms with Gasteiger partial charge in [0.15, 0.2) is 0 Å². The second kappa shape index (κ2) is 6.23. The van der Waals surface area contributed by atoms with Crippen molar-refractivity contribution in [1.29, 1.82) is 0 Å². The van der Waals surface area contributed by atoms with Crippen LogP contribution in [0.5, 0.6) is 5.75 Å². The molecule has 0 saturated heterocycles. The van der Waals surface area contributed by atoms with Crippen molar-refractivity contribution in [3.05, 3.63) is 18.2 Å². The van der Waals surface area contributed by atoms with E-state index < -0.39 is 0 Å². The fourth-order valence-corrected chi connectivity index (χ4v) is 1.49. The van der Waals surface area contributed by atoms with Crippen molar-refractivity contribution in [1.82, 2.24) is 0 Å². The molecule has 1 rings (SSSR count). The first-order valence-electron chi connectivity index (χ1n) is 5.52. The van der Waals surface area contributed by atoms with Crippen LogP contribution in [0.25, 0.3) is 0 Å². The van der Waals surface area contributed by atoms with Gasteiger partial charge in [0.05, 0.1) is 18.9 Å². The smallest absolute Gasteiger partial charge is 0.143 e. The lowest BCUT2D eigenvalue weighted by molar-refractivity contribution is 0.176. The van der Waals surface area contributed by atoms with E-state index in [1.165, 1.54) is 0 Å². The molecule has 0 aromatic heterocycles. The first-order valence-corrected chi connectivity index (χ1v) is 5.52. The fraction of sp³-hybridized carbons (Fsp3) is 0.500. The number of nitrogens with two attached hydrogens (primary N) is 1. The Bertz CT molecular complexity index is 329. The predicted octanol–water partition coefficient (Wildman–Crippen LogP) is 1.85. The Hall–Kier alpha value is -1.42. The molecule has 0 spiro atoms. The lowest BCUT2D eigenvalue weighted by Crippen LogP contribution is -2.18. The van der Waals surface area contributed by atoms with Crippen molar-refractivity contribution in [3.8, 4) is 5.75 Å². The largest absolute Gasteiger partial charge is 0.495 e. The molecule has 0 aliphatic rings. The summed E-state index contributed by atoms with van der Waals surface area (Å²) in [6, 6.07) is 5.48. The minimum absolute atomic E-state index is 0.312. The zero-order chi connectivity index (χ0) is 12.0. The normalized spacial score (nSPS) is 12.2. The molecular weight excluding hydrogens is 204 g/mol. The van der Waals surface area contributed by atoms with Crippen LogP contribution in [0.3, 0.4) is 0 Å². The molecular formula is C12H20N2O2. The molecule has 1 aromatic rings. The molecule has 0 fully saturated rings. The Kier molecular flexibility index (Phi) is 4.92. The molecule has 0 saturated carbocycles. The summed E-state index contributed by atoms with van der Waals surface area (Å²) in [6.07, 6.45) is 1.47. The van der Waals surface area contributed by atoms with E-state index in [9.17, 15) is 5.11 Å². The van der Waals surface area contributed by atoms with Gasteiger partial charge in [-0.2, -0.15) is 0 Å². The van der Waals surface area contributed by atoms with Gasteiger partial charge < -0.3 is 20.9 Å². The third-order valence-corrected chi connectivity index (χ3v) is 2.40. The average molecular weight is 224 g/mol. The minimum atomic E-state index is -0.312. The lowest BCUT2D eigenvalue weighted by Gasteiger charge is -2.13. The summed E-state index contributed by atoms with van der Waals surface area (Å²) in [6.45, 7) is 2.59. The summed E-state index contributed by atoms with van der Waals surface area (Å²) in [5.41, 5.74) is 7.22. The maximum atomic E-state index is 9.57. The topological polar surface area (TPSA) is 67.5 Å². The van der Waals surface area contributed by atoms with Crippen molar-refractivity contribution >= 4 is 11.4 Å². The van der Waals surface area contributed by atoms with E-state index in [1.807, 2.05) is 12.1 Å². The number of aliphatic hydroxyl groups is 1. The van der Waals surface area contributed by atoms with Gasteiger partial charge in [-0.05, 0) is 18.6 Å². The lowest BCUT2D eigenvalue weighted by atomic mass is 10.2. The molecule has 0 aliphatic carbocycles. The molecule has 16 heavy (non-hydrogen) atoms. The van der Waals surface area contributed by atoms with E-state index in [2.05, 4.69) is 12.2 Å². The Balaban J connectivity index is 2.54. The highest BCUT2D eigenvalue weighted by atomic mass is 16.5. The molecule has 1 aromatic carbocycles. The van der Waals surface area contributed by atoms with Gasteiger partial charge in [0.2, 0.25) is 0 Å². The van der Waals surface area contributed by atoms with Crippen LogP contribution in [-0.4, -0.2) is 24.9 Å². The van der Waals surface area contributed by atoms with Crippen LogP contribution in [-0.2, 0) is 0 Å². The van der Waals surface area contributed by atoms with Crippen LogP contribution in [0.2, 0.25) is 0 Å².